The van der Waals surface area contributed by atoms with E-state index in [0.717, 1.165) is 96.3 Å². The first-order valence-electron chi connectivity index (χ1n) is 28.4. The molecule has 0 amide bonds. The molecule has 0 rings (SSSR count). The molecular weight excluding hydrogens is 861 g/mol. The van der Waals surface area contributed by atoms with Gasteiger partial charge in [0.05, 0.1) is 6.61 Å². The Balaban J connectivity index is 3.55. The number of aliphatic hydroxyl groups excluding tert-OH is 1. The number of rotatable bonds is 50. The highest BCUT2D eigenvalue weighted by Crippen LogP contribution is 2.15. The second kappa shape index (κ2) is 59.1. The Kier molecular flexibility index (Phi) is 55.5. The Bertz CT molecular complexity index is 1510. The Hall–Kier alpha value is -4.22. The Morgan fingerprint density at radius 1 is 0.329 bits per heavy atom. The van der Waals surface area contributed by atoms with Crippen LogP contribution in [0.1, 0.15) is 232 Å². The zero-order valence-electron chi connectivity index (χ0n) is 45.0. The van der Waals surface area contributed by atoms with Crippen LogP contribution in [-0.2, 0) is 19.1 Å². The zero-order chi connectivity index (χ0) is 50.6. The number of carbonyl (C=O) groups excluding carboxylic acids is 2. The van der Waals surface area contributed by atoms with E-state index in [-0.39, 0.29) is 31.6 Å². The summed E-state index contributed by atoms with van der Waals surface area (Å²) in [5, 5.41) is 9.63. The van der Waals surface area contributed by atoms with E-state index in [9.17, 15) is 14.7 Å². The first-order valence-corrected chi connectivity index (χ1v) is 28.4. The van der Waals surface area contributed by atoms with Gasteiger partial charge in [-0.15, -0.1) is 0 Å². The van der Waals surface area contributed by atoms with E-state index in [1.807, 2.05) is 12.2 Å². The van der Waals surface area contributed by atoms with Crippen molar-refractivity contribution in [2.24, 2.45) is 0 Å². The lowest BCUT2D eigenvalue weighted by Gasteiger charge is -2.15. The third-order valence-corrected chi connectivity index (χ3v) is 11.6. The summed E-state index contributed by atoms with van der Waals surface area (Å²) < 4.78 is 10.6. The minimum Gasteiger partial charge on any atom is -0.462 e. The Morgan fingerprint density at radius 3 is 0.914 bits per heavy atom. The van der Waals surface area contributed by atoms with Crippen LogP contribution >= 0.6 is 0 Å². The predicted octanol–water partition coefficient (Wildman–Crippen LogP) is 19.4. The summed E-state index contributed by atoms with van der Waals surface area (Å²) in [4.78, 5) is 24.4. The molecule has 0 aromatic carbocycles. The third-order valence-electron chi connectivity index (χ3n) is 11.6. The molecule has 0 saturated heterocycles. The summed E-state index contributed by atoms with van der Waals surface area (Å²) in [7, 11) is 0. The van der Waals surface area contributed by atoms with Crippen LogP contribution in [0.5, 0.6) is 0 Å². The number of carbonyl (C=O) groups is 2. The van der Waals surface area contributed by atoms with Gasteiger partial charge in [-0.3, -0.25) is 9.59 Å². The second-order valence-electron chi connectivity index (χ2n) is 18.2. The van der Waals surface area contributed by atoms with Gasteiger partial charge < -0.3 is 14.6 Å². The van der Waals surface area contributed by atoms with Crippen LogP contribution < -0.4 is 0 Å². The molecule has 0 aromatic heterocycles. The molecule has 1 unspecified atom stereocenters. The van der Waals surface area contributed by atoms with E-state index >= 15 is 0 Å². The summed E-state index contributed by atoms with van der Waals surface area (Å²) in [5.41, 5.74) is 0. The largest absolute Gasteiger partial charge is 0.462 e. The van der Waals surface area contributed by atoms with Gasteiger partial charge in [0.15, 0.2) is 6.10 Å². The van der Waals surface area contributed by atoms with E-state index in [2.05, 4.69) is 148 Å². The molecule has 0 aliphatic heterocycles. The van der Waals surface area contributed by atoms with E-state index in [1.54, 1.807) is 0 Å². The summed E-state index contributed by atoms with van der Waals surface area (Å²) in [6.07, 6.45) is 89.8. The number of hydrogen-bond acceptors (Lipinski definition) is 5. The summed E-state index contributed by atoms with van der Waals surface area (Å²) in [6, 6.07) is 0. The number of unbranched alkanes of at least 4 members (excludes halogenated alkanes) is 18. The van der Waals surface area contributed by atoms with Crippen molar-refractivity contribution in [3.8, 4) is 0 Å². The van der Waals surface area contributed by atoms with Crippen molar-refractivity contribution >= 4 is 11.9 Å². The quantitative estimate of drug-likeness (QED) is 0.0374. The molecule has 0 heterocycles. The van der Waals surface area contributed by atoms with Gasteiger partial charge in [0.2, 0.25) is 0 Å². The van der Waals surface area contributed by atoms with Crippen molar-refractivity contribution in [2.45, 2.75) is 238 Å². The topological polar surface area (TPSA) is 72.8 Å². The Morgan fingerprint density at radius 2 is 0.600 bits per heavy atom. The van der Waals surface area contributed by atoms with Crippen LogP contribution in [0.15, 0.2) is 146 Å². The zero-order valence-corrected chi connectivity index (χ0v) is 45.0. The van der Waals surface area contributed by atoms with Gasteiger partial charge in [-0.25, -0.2) is 0 Å². The lowest BCUT2D eigenvalue weighted by Crippen LogP contribution is -2.28. The fraction of sp³-hybridized carbons (Fsp3) is 0.600. The average Bonchev–Trinajstić information content (AvgIpc) is 3.36. The molecule has 394 valence electrons. The van der Waals surface area contributed by atoms with Crippen LogP contribution in [0.2, 0.25) is 0 Å². The van der Waals surface area contributed by atoms with Gasteiger partial charge in [-0.2, -0.15) is 0 Å². The fourth-order valence-electron chi connectivity index (χ4n) is 7.47. The smallest absolute Gasteiger partial charge is 0.306 e. The minimum atomic E-state index is -0.812. The molecule has 0 aliphatic carbocycles. The molecule has 1 atom stereocenters. The van der Waals surface area contributed by atoms with Gasteiger partial charge in [0.1, 0.15) is 6.61 Å². The van der Waals surface area contributed by atoms with Gasteiger partial charge in [0.25, 0.3) is 0 Å². The molecule has 0 aromatic rings. The first kappa shape index (κ1) is 65.8. The van der Waals surface area contributed by atoms with Crippen LogP contribution in [0, 0.1) is 0 Å². The maximum Gasteiger partial charge on any atom is 0.306 e. The van der Waals surface area contributed by atoms with Crippen molar-refractivity contribution < 1.29 is 24.2 Å². The minimum absolute atomic E-state index is 0.113. The summed E-state index contributed by atoms with van der Waals surface area (Å²) >= 11 is 0. The fourth-order valence-corrected chi connectivity index (χ4v) is 7.47. The lowest BCUT2D eigenvalue weighted by molar-refractivity contribution is -0.161. The van der Waals surface area contributed by atoms with E-state index in [0.29, 0.717) is 12.8 Å². The first-order chi connectivity index (χ1) is 34.6. The second-order valence-corrected chi connectivity index (χ2v) is 18.2. The normalized spacial score (nSPS) is 13.4. The maximum absolute atomic E-state index is 12.3. The van der Waals surface area contributed by atoms with E-state index < -0.39 is 6.10 Å². The number of esters is 2. The molecule has 0 spiro atoms. The van der Waals surface area contributed by atoms with E-state index in [4.69, 9.17) is 9.47 Å². The standard InChI is InChI=1S/C65H104O5/c1-3-5-7-9-11-13-15-17-19-21-23-24-25-26-27-28-29-30-31-32-33-34-35-36-37-38-39-40-42-44-46-48-50-52-54-56-58-60-65(68)70-63(61-66)62-69-64(67)59-57-55-53-51-49-47-45-43-41-22-20-18-16-14-12-10-8-6-4-2/h5-8,11-14,17-20,23-24,26-27,29-30,41,43,47,49,53,55,63,66H,3-4,9-10,15-16,21-22,25,28,31-40,42,44-46,48,50-52,54,56-62H2,1-2H3/b7-5-,8-6-,13-11-,14-12-,19-17-,20-18-,24-23-,27-26-,30-29-,43-41-,49-47-,55-53-. The molecule has 5 heteroatoms. The number of allylic oxidation sites excluding steroid dienone is 24. The van der Waals surface area contributed by atoms with Gasteiger partial charge in [0, 0.05) is 12.8 Å². The van der Waals surface area contributed by atoms with Crippen LogP contribution in [0.25, 0.3) is 0 Å². The number of ether oxygens (including phenoxy) is 2. The van der Waals surface area contributed by atoms with Gasteiger partial charge in [-0.1, -0.05) is 262 Å². The highest BCUT2D eigenvalue weighted by atomic mass is 16.6. The predicted molar refractivity (Wildman–Crippen MR) is 306 cm³/mol. The molecular formula is C65H104O5. The maximum atomic E-state index is 12.3. The lowest BCUT2D eigenvalue weighted by atomic mass is 10.0. The molecule has 0 radical (unpaired) electrons. The van der Waals surface area contributed by atoms with Crippen molar-refractivity contribution in [2.75, 3.05) is 13.2 Å². The SMILES string of the molecule is CC/C=C\C/C=C\C/C=C\C/C=C\C/C=C\C/C=C\CCCCCCCCCCCCCCCCCCCCC(=O)OC(CO)COC(=O)CC/C=C\C/C=C\C/C=C\C/C=C\C/C=C\C/C=C\CC. The van der Waals surface area contributed by atoms with Crippen LogP contribution in [0.3, 0.4) is 0 Å². The van der Waals surface area contributed by atoms with Gasteiger partial charge >= 0.3 is 11.9 Å². The summed E-state index contributed by atoms with van der Waals surface area (Å²) in [6.45, 7) is 3.84. The Labute approximate surface area is 431 Å². The molecule has 0 fully saturated rings. The van der Waals surface area contributed by atoms with Crippen molar-refractivity contribution in [3.05, 3.63) is 146 Å². The number of hydrogen-bond donors (Lipinski definition) is 1. The molecule has 1 N–H and O–H groups in total. The average molecular weight is 966 g/mol. The monoisotopic (exact) mass is 965 g/mol. The number of aliphatic hydroxyl groups is 1. The van der Waals surface area contributed by atoms with Gasteiger partial charge in [-0.05, 0) is 103 Å². The van der Waals surface area contributed by atoms with Crippen molar-refractivity contribution in [1.82, 2.24) is 0 Å². The molecule has 0 saturated carbocycles. The van der Waals surface area contributed by atoms with Crippen molar-refractivity contribution in [1.29, 1.82) is 0 Å². The highest BCUT2D eigenvalue weighted by Gasteiger charge is 2.16. The highest BCUT2D eigenvalue weighted by molar-refractivity contribution is 5.70. The third kappa shape index (κ3) is 56.4. The summed E-state index contributed by atoms with van der Waals surface area (Å²) in [5.74, 6) is -0.693. The molecule has 0 aliphatic rings. The van der Waals surface area contributed by atoms with Crippen molar-refractivity contribution in [3.63, 3.8) is 0 Å². The molecule has 0 bridgehead atoms. The van der Waals surface area contributed by atoms with E-state index in [1.165, 1.54) is 103 Å². The van der Waals surface area contributed by atoms with Crippen LogP contribution in [-0.4, -0.2) is 36.4 Å². The molecule has 70 heavy (non-hydrogen) atoms. The van der Waals surface area contributed by atoms with Crippen LogP contribution in [0.4, 0.5) is 0 Å². The molecule has 5 nitrogen and oxygen atoms in total.